The van der Waals surface area contributed by atoms with Gasteiger partial charge in [0.2, 0.25) is 0 Å². The van der Waals surface area contributed by atoms with Crippen LogP contribution in [0, 0.1) is 11.3 Å². The summed E-state index contributed by atoms with van der Waals surface area (Å²) in [6, 6.07) is 28.2. The zero-order valence-corrected chi connectivity index (χ0v) is 17.2. The summed E-state index contributed by atoms with van der Waals surface area (Å²) in [5, 5.41) is 10.1. The molecule has 0 saturated heterocycles. The first kappa shape index (κ1) is 18.7. The third-order valence-corrected chi connectivity index (χ3v) is 5.45. The minimum Gasteiger partial charge on any atom is -0.493 e. The molecule has 0 spiro atoms. The van der Waals surface area contributed by atoms with Gasteiger partial charge in [-0.25, -0.2) is 4.98 Å². The Morgan fingerprint density at radius 3 is 2.29 bits per heavy atom. The van der Waals surface area contributed by atoms with E-state index in [1.165, 1.54) is 0 Å². The van der Waals surface area contributed by atoms with E-state index in [1.54, 1.807) is 14.2 Å². The van der Waals surface area contributed by atoms with Crippen LogP contribution in [0.2, 0.25) is 0 Å². The van der Waals surface area contributed by atoms with Gasteiger partial charge in [-0.15, -0.1) is 0 Å². The molecule has 0 N–H and O–H groups in total. The summed E-state index contributed by atoms with van der Waals surface area (Å²) in [5.41, 5.74) is 6.63. The second-order valence-electron chi connectivity index (χ2n) is 7.13. The molecule has 0 bridgehead atoms. The third-order valence-electron chi connectivity index (χ3n) is 5.45. The normalized spacial score (nSPS) is 10.9. The minimum absolute atomic E-state index is 0.517. The monoisotopic (exact) mass is 405 g/mol. The molecule has 5 rings (SSSR count). The number of pyridine rings is 1. The van der Waals surface area contributed by atoms with Crippen LogP contribution in [0.25, 0.3) is 39.1 Å². The second-order valence-corrected chi connectivity index (χ2v) is 7.13. The lowest BCUT2D eigenvalue weighted by molar-refractivity contribution is 0.355. The van der Waals surface area contributed by atoms with Gasteiger partial charge in [0.25, 0.3) is 0 Å². The summed E-state index contributed by atoms with van der Waals surface area (Å²) in [5.74, 6) is 1.25. The first-order valence-corrected chi connectivity index (χ1v) is 9.87. The van der Waals surface area contributed by atoms with Crippen molar-refractivity contribution in [2.24, 2.45) is 0 Å². The van der Waals surface area contributed by atoms with Crippen LogP contribution in [-0.2, 0) is 0 Å². The predicted molar refractivity (Wildman–Crippen MR) is 121 cm³/mol. The first-order chi connectivity index (χ1) is 15.2. The van der Waals surface area contributed by atoms with Crippen LogP contribution in [0.5, 0.6) is 11.5 Å². The zero-order chi connectivity index (χ0) is 21.4. The molecule has 5 heteroatoms. The standard InChI is InChI=1S/C26H19N3O2/c1-30-24-13-12-18(14-25(24)31-2)19-15-23(17-8-4-3-5-9-17)29-22-11-7-6-10-21(22)28-26(29)20(19)16-27/h3-15H,1-2H3. The van der Waals surface area contributed by atoms with Gasteiger partial charge in [-0.1, -0.05) is 48.5 Å². The highest BCUT2D eigenvalue weighted by Gasteiger charge is 2.19. The van der Waals surface area contributed by atoms with Gasteiger partial charge < -0.3 is 9.47 Å². The fourth-order valence-corrected chi connectivity index (χ4v) is 3.99. The molecule has 0 aliphatic carbocycles. The molecule has 0 aliphatic heterocycles. The van der Waals surface area contributed by atoms with Crippen molar-refractivity contribution in [3.05, 3.63) is 84.4 Å². The molecule has 0 fully saturated rings. The van der Waals surface area contributed by atoms with Gasteiger partial charge in [-0.3, -0.25) is 4.40 Å². The summed E-state index contributed by atoms with van der Waals surface area (Å²) in [6.45, 7) is 0. The third kappa shape index (κ3) is 2.97. The van der Waals surface area contributed by atoms with E-state index in [-0.39, 0.29) is 0 Å². The Bertz CT molecular complexity index is 1460. The van der Waals surface area contributed by atoms with Gasteiger partial charge in [-0.2, -0.15) is 5.26 Å². The van der Waals surface area contributed by atoms with E-state index < -0.39 is 0 Å². The van der Waals surface area contributed by atoms with Gasteiger partial charge in [0.15, 0.2) is 17.1 Å². The second kappa shape index (κ2) is 7.51. The van der Waals surface area contributed by atoms with Crippen molar-refractivity contribution in [1.82, 2.24) is 9.38 Å². The number of imidazole rings is 1. The Kier molecular flexibility index (Phi) is 4.53. The van der Waals surface area contributed by atoms with E-state index in [0.717, 1.165) is 33.4 Å². The Labute approximate surface area is 179 Å². The number of fused-ring (bicyclic) bond motifs is 3. The van der Waals surface area contributed by atoms with Crippen LogP contribution in [0.4, 0.5) is 0 Å². The molecule has 0 unspecified atom stereocenters. The molecule has 3 aromatic carbocycles. The molecule has 31 heavy (non-hydrogen) atoms. The molecule has 5 aromatic rings. The van der Waals surface area contributed by atoms with E-state index in [2.05, 4.69) is 28.7 Å². The molecule has 0 saturated carbocycles. The van der Waals surface area contributed by atoms with Gasteiger partial charge in [0.05, 0.1) is 30.9 Å². The number of hydrogen-bond acceptors (Lipinski definition) is 4. The molecule has 150 valence electrons. The fourth-order valence-electron chi connectivity index (χ4n) is 3.99. The molecular weight excluding hydrogens is 386 g/mol. The minimum atomic E-state index is 0.517. The highest BCUT2D eigenvalue weighted by atomic mass is 16.5. The van der Waals surface area contributed by atoms with Crippen LogP contribution in [0.15, 0.2) is 78.9 Å². The van der Waals surface area contributed by atoms with Crippen molar-refractivity contribution in [2.45, 2.75) is 0 Å². The van der Waals surface area contributed by atoms with E-state index in [1.807, 2.05) is 60.7 Å². The van der Waals surface area contributed by atoms with Gasteiger partial charge in [0.1, 0.15) is 11.6 Å². The predicted octanol–water partition coefficient (Wildman–Crippen LogP) is 5.71. The topological polar surface area (TPSA) is 59.5 Å². The number of nitriles is 1. The van der Waals surface area contributed by atoms with E-state index in [4.69, 9.17) is 14.5 Å². The van der Waals surface area contributed by atoms with Crippen molar-refractivity contribution in [2.75, 3.05) is 14.2 Å². The summed E-state index contributed by atoms with van der Waals surface area (Å²) in [6.07, 6.45) is 0. The largest absolute Gasteiger partial charge is 0.493 e. The quantitative estimate of drug-likeness (QED) is 0.384. The lowest BCUT2D eigenvalue weighted by atomic mass is 9.98. The molecule has 0 aliphatic rings. The molecule has 2 aromatic heterocycles. The molecule has 0 atom stereocenters. The van der Waals surface area contributed by atoms with Crippen molar-refractivity contribution in [3.8, 4) is 40.0 Å². The smallest absolute Gasteiger partial charge is 0.161 e. The van der Waals surface area contributed by atoms with E-state index in [0.29, 0.717) is 22.7 Å². The average Bonchev–Trinajstić information content (AvgIpc) is 3.22. The Hall–Kier alpha value is -4.30. The summed E-state index contributed by atoms with van der Waals surface area (Å²) in [4.78, 5) is 4.82. The molecule has 5 nitrogen and oxygen atoms in total. The number of hydrogen-bond donors (Lipinski definition) is 0. The molecule has 0 amide bonds. The summed E-state index contributed by atoms with van der Waals surface area (Å²) < 4.78 is 12.9. The fraction of sp³-hybridized carbons (Fsp3) is 0.0769. The van der Waals surface area contributed by atoms with Crippen LogP contribution < -0.4 is 9.47 Å². The van der Waals surface area contributed by atoms with Crippen molar-refractivity contribution in [3.63, 3.8) is 0 Å². The summed E-state index contributed by atoms with van der Waals surface area (Å²) >= 11 is 0. The number of methoxy groups -OCH3 is 2. The van der Waals surface area contributed by atoms with E-state index in [9.17, 15) is 5.26 Å². The lowest BCUT2D eigenvalue weighted by Crippen LogP contribution is -1.99. The van der Waals surface area contributed by atoms with Crippen LogP contribution in [0.1, 0.15) is 5.56 Å². The maximum Gasteiger partial charge on any atom is 0.161 e. The summed E-state index contributed by atoms with van der Waals surface area (Å²) in [7, 11) is 3.21. The van der Waals surface area contributed by atoms with Crippen molar-refractivity contribution >= 4 is 16.7 Å². The van der Waals surface area contributed by atoms with Crippen LogP contribution >= 0.6 is 0 Å². The highest BCUT2D eigenvalue weighted by molar-refractivity contribution is 5.91. The number of benzene rings is 3. The van der Waals surface area contributed by atoms with Gasteiger partial charge in [0, 0.05) is 5.56 Å². The van der Waals surface area contributed by atoms with Crippen LogP contribution in [-0.4, -0.2) is 23.6 Å². The average molecular weight is 405 g/mol. The van der Waals surface area contributed by atoms with Crippen molar-refractivity contribution < 1.29 is 9.47 Å². The number of aromatic nitrogens is 2. The number of ether oxygens (including phenoxy) is 2. The maximum atomic E-state index is 10.1. The van der Waals surface area contributed by atoms with E-state index >= 15 is 0 Å². The Morgan fingerprint density at radius 1 is 0.806 bits per heavy atom. The van der Waals surface area contributed by atoms with Crippen LogP contribution in [0.3, 0.4) is 0 Å². The van der Waals surface area contributed by atoms with Crippen molar-refractivity contribution in [1.29, 1.82) is 5.26 Å². The number of rotatable bonds is 4. The molecular formula is C26H19N3O2. The lowest BCUT2D eigenvalue weighted by Gasteiger charge is -2.14. The highest BCUT2D eigenvalue weighted by Crippen LogP contribution is 2.38. The maximum absolute atomic E-state index is 10.1. The SMILES string of the molecule is COc1ccc(-c2cc(-c3ccccc3)n3c(nc4ccccc43)c2C#N)cc1OC. The van der Waals surface area contributed by atoms with Gasteiger partial charge in [-0.05, 0) is 41.5 Å². The number of para-hydroxylation sites is 2. The molecule has 2 heterocycles. The first-order valence-electron chi connectivity index (χ1n) is 9.87. The van der Waals surface area contributed by atoms with Gasteiger partial charge >= 0.3 is 0 Å². The Balaban J connectivity index is 1.91. The number of nitrogens with zero attached hydrogens (tertiary/aromatic N) is 3. The zero-order valence-electron chi connectivity index (χ0n) is 17.2. The Morgan fingerprint density at radius 2 is 1.55 bits per heavy atom. The molecule has 0 radical (unpaired) electrons.